The number of aliphatic imine (C=N–C) groups is 1. The molecule has 0 aromatic heterocycles. The number of aryl methyl sites for hydroxylation is 2. The summed E-state index contributed by atoms with van der Waals surface area (Å²) in [6, 6.07) is 6.48. The maximum absolute atomic E-state index is 4.60. The first-order valence-electron chi connectivity index (χ1n) is 6.60. The third-order valence-corrected chi connectivity index (χ3v) is 4.20. The Kier molecular flexibility index (Phi) is 4.33. The second kappa shape index (κ2) is 5.79. The summed E-state index contributed by atoms with van der Waals surface area (Å²) in [5, 5.41) is 5.18. The van der Waals surface area contributed by atoms with E-state index in [1.165, 1.54) is 23.2 Å². The van der Waals surface area contributed by atoms with Gasteiger partial charge in [-0.1, -0.05) is 43.3 Å². The van der Waals surface area contributed by atoms with Gasteiger partial charge in [0, 0.05) is 10.9 Å². The summed E-state index contributed by atoms with van der Waals surface area (Å²) in [7, 11) is 0. The second-order valence-corrected chi connectivity index (χ2v) is 6.75. The van der Waals surface area contributed by atoms with Crippen LogP contribution in [0.3, 0.4) is 0 Å². The van der Waals surface area contributed by atoms with Gasteiger partial charge in [0.25, 0.3) is 0 Å². The molecule has 0 spiro atoms. The van der Waals surface area contributed by atoms with Crippen LogP contribution >= 0.6 is 11.8 Å². The van der Waals surface area contributed by atoms with Gasteiger partial charge < -0.3 is 5.32 Å². The molecular formula is C15H22N2S. The zero-order valence-corrected chi connectivity index (χ0v) is 12.5. The van der Waals surface area contributed by atoms with E-state index in [0.29, 0.717) is 5.25 Å². The van der Waals surface area contributed by atoms with Crippen molar-refractivity contribution in [2.45, 2.75) is 39.4 Å². The van der Waals surface area contributed by atoms with Crippen LogP contribution in [0.25, 0.3) is 0 Å². The van der Waals surface area contributed by atoms with E-state index < -0.39 is 0 Å². The molecule has 18 heavy (non-hydrogen) atoms. The standard InChI is InChI=1S/C15H22N2S/c1-10(2)7-13-9-16-15(18-13)17-14-6-5-11(3)8-12(14)4/h5-6,8,10,13H,7,9H2,1-4H3,(H,16,17). The van der Waals surface area contributed by atoms with Crippen molar-refractivity contribution in [3.63, 3.8) is 0 Å². The average molecular weight is 262 g/mol. The first-order chi connectivity index (χ1) is 8.54. The molecule has 1 unspecified atom stereocenters. The lowest BCUT2D eigenvalue weighted by Gasteiger charge is -2.12. The molecule has 0 aliphatic carbocycles. The molecule has 98 valence electrons. The van der Waals surface area contributed by atoms with E-state index in [1.807, 2.05) is 11.8 Å². The van der Waals surface area contributed by atoms with Crippen LogP contribution < -0.4 is 5.32 Å². The van der Waals surface area contributed by atoms with E-state index in [-0.39, 0.29) is 0 Å². The van der Waals surface area contributed by atoms with Gasteiger partial charge in [-0.15, -0.1) is 0 Å². The minimum atomic E-state index is 0.651. The van der Waals surface area contributed by atoms with Crippen LogP contribution in [0.4, 0.5) is 5.69 Å². The Morgan fingerprint density at radius 1 is 1.39 bits per heavy atom. The second-order valence-electron chi connectivity index (χ2n) is 5.46. The lowest BCUT2D eigenvalue weighted by Crippen LogP contribution is -2.10. The monoisotopic (exact) mass is 262 g/mol. The first-order valence-corrected chi connectivity index (χ1v) is 7.48. The van der Waals surface area contributed by atoms with Crippen molar-refractivity contribution in [2.75, 3.05) is 11.9 Å². The number of anilines is 1. The smallest absolute Gasteiger partial charge is 0.161 e. The van der Waals surface area contributed by atoms with Crippen molar-refractivity contribution in [3.05, 3.63) is 29.3 Å². The highest BCUT2D eigenvalue weighted by atomic mass is 32.2. The van der Waals surface area contributed by atoms with Gasteiger partial charge in [0.05, 0.1) is 6.54 Å². The van der Waals surface area contributed by atoms with Crippen LogP contribution in [0, 0.1) is 19.8 Å². The van der Waals surface area contributed by atoms with E-state index in [4.69, 9.17) is 0 Å². The molecule has 2 nitrogen and oxygen atoms in total. The SMILES string of the molecule is Cc1ccc(NC2=NCC(CC(C)C)S2)c(C)c1. The Hall–Kier alpha value is -0.960. The first kappa shape index (κ1) is 13.5. The third-order valence-electron chi connectivity index (χ3n) is 3.07. The Bertz CT molecular complexity index is 452. The van der Waals surface area contributed by atoms with E-state index in [2.05, 4.69) is 56.2 Å². The molecule has 3 heteroatoms. The zero-order valence-electron chi connectivity index (χ0n) is 11.7. The largest absolute Gasteiger partial charge is 0.335 e. The van der Waals surface area contributed by atoms with Crippen molar-refractivity contribution in [3.8, 4) is 0 Å². The lowest BCUT2D eigenvalue weighted by atomic mass is 10.1. The molecule has 0 saturated carbocycles. The number of rotatable bonds is 3. The minimum Gasteiger partial charge on any atom is -0.335 e. The number of nitrogens with one attached hydrogen (secondary N) is 1. The van der Waals surface area contributed by atoms with Gasteiger partial charge in [-0.3, -0.25) is 4.99 Å². The lowest BCUT2D eigenvalue weighted by molar-refractivity contribution is 0.575. The number of benzene rings is 1. The molecule has 0 amide bonds. The molecule has 1 aromatic carbocycles. The predicted octanol–water partition coefficient (Wildman–Crippen LogP) is 4.23. The third kappa shape index (κ3) is 3.52. The van der Waals surface area contributed by atoms with Crippen molar-refractivity contribution >= 4 is 22.6 Å². The summed E-state index contributed by atoms with van der Waals surface area (Å²) in [5.74, 6) is 0.748. The highest BCUT2D eigenvalue weighted by Gasteiger charge is 2.20. The highest BCUT2D eigenvalue weighted by Crippen LogP contribution is 2.28. The van der Waals surface area contributed by atoms with E-state index in [9.17, 15) is 0 Å². The number of nitrogens with zero attached hydrogens (tertiary/aromatic N) is 1. The van der Waals surface area contributed by atoms with Gasteiger partial charge in [-0.25, -0.2) is 0 Å². The van der Waals surface area contributed by atoms with Crippen molar-refractivity contribution in [1.82, 2.24) is 0 Å². The molecule has 0 fully saturated rings. The Balaban J connectivity index is 1.95. The maximum Gasteiger partial charge on any atom is 0.161 e. The van der Waals surface area contributed by atoms with Gasteiger partial charge >= 0.3 is 0 Å². The van der Waals surface area contributed by atoms with E-state index in [1.54, 1.807) is 0 Å². The topological polar surface area (TPSA) is 24.4 Å². The number of thioether (sulfide) groups is 1. The summed E-state index contributed by atoms with van der Waals surface area (Å²) in [5.41, 5.74) is 3.76. The summed E-state index contributed by atoms with van der Waals surface area (Å²) >= 11 is 1.89. The Labute approximate surface area is 114 Å². The molecule has 1 atom stereocenters. The van der Waals surface area contributed by atoms with Crippen molar-refractivity contribution < 1.29 is 0 Å². The number of hydrogen-bond acceptors (Lipinski definition) is 3. The van der Waals surface area contributed by atoms with Gasteiger partial charge in [-0.2, -0.15) is 0 Å². The molecular weight excluding hydrogens is 240 g/mol. The van der Waals surface area contributed by atoms with Gasteiger partial charge in [0.2, 0.25) is 0 Å². The summed E-state index contributed by atoms with van der Waals surface area (Å²) < 4.78 is 0. The van der Waals surface area contributed by atoms with Crippen molar-refractivity contribution in [2.24, 2.45) is 10.9 Å². The number of hydrogen-bond donors (Lipinski definition) is 1. The molecule has 1 aliphatic rings. The fourth-order valence-electron chi connectivity index (χ4n) is 2.20. The fraction of sp³-hybridized carbons (Fsp3) is 0.533. The molecule has 1 N–H and O–H groups in total. The van der Waals surface area contributed by atoms with Crippen LogP contribution in [-0.4, -0.2) is 17.0 Å². The Morgan fingerprint density at radius 2 is 2.17 bits per heavy atom. The molecule has 1 aromatic rings. The fourth-order valence-corrected chi connectivity index (χ4v) is 3.47. The summed E-state index contributed by atoms with van der Waals surface area (Å²) in [6.45, 7) is 9.76. The van der Waals surface area contributed by atoms with Crippen LogP contribution in [0.2, 0.25) is 0 Å². The molecule has 0 saturated heterocycles. The van der Waals surface area contributed by atoms with Crippen molar-refractivity contribution in [1.29, 1.82) is 0 Å². The number of amidine groups is 1. The highest BCUT2D eigenvalue weighted by molar-refractivity contribution is 8.15. The van der Waals surface area contributed by atoms with Crippen LogP contribution in [0.1, 0.15) is 31.4 Å². The van der Waals surface area contributed by atoms with Gasteiger partial charge in [0.1, 0.15) is 0 Å². The molecule has 2 rings (SSSR count). The van der Waals surface area contributed by atoms with E-state index >= 15 is 0 Å². The molecule has 0 bridgehead atoms. The average Bonchev–Trinajstić information content (AvgIpc) is 2.69. The van der Waals surface area contributed by atoms with Gasteiger partial charge in [0.15, 0.2) is 5.17 Å². The van der Waals surface area contributed by atoms with Gasteiger partial charge in [-0.05, 0) is 37.8 Å². The quantitative estimate of drug-likeness (QED) is 0.881. The van der Waals surface area contributed by atoms with Crippen LogP contribution in [0.5, 0.6) is 0 Å². The maximum atomic E-state index is 4.60. The van der Waals surface area contributed by atoms with Crippen LogP contribution in [0.15, 0.2) is 23.2 Å². The normalized spacial score (nSPS) is 19.2. The molecule has 0 radical (unpaired) electrons. The van der Waals surface area contributed by atoms with Crippen LogP contribution in [-0.2, 0) is 0 Å². The molecule has 1 heterocycles. The van der Waals surface area contributed by atoms with E-state index in [0.717, 1.165) is 17.6 Å². The minimum absolute atomic E-state index is 0.651. The summed E-state index contributed by atoms with van der Waals surface area (Å²) in [6.07, 6.45) is 1.24. The molecule has 1 aliphatic heterocycles. The summed E-state index contributed by atoms with van der Waals surface area (Å²) in [4.78, 5) is 4.60. The Morgan fingerprint density at radius 3 is 2.83 bits per heavy atom. The zero-order chi connectivity index (χ0) is 13.1. The predicted molar refractivity (Wildman–Crippen MR) is 82.7 cm³/mol.